The Labute approximate surface area is 126 Å². The fourth-order valence-electron chi connectivity index (χ4n) is 2.65. The Bertz CT molecular complexity index is 615. The summed E-state index contributed by atoms with van der Waals surface area (Å²) in [5.41, 5.74) is -0.208. The number of aliphatic carboxylic acids is 1. The van der Waals surface area contributed by atoms with Crippen molar-refractivity contribution in [1.29, 1.82) is 0 Å². The minimum atomic E-state index is -0.941. The second-order valence-electron chi connectivity index (χ2n) is 5.10. The van der Waals surface area contributed by atoms with Gasteiger partial charge in [0.05, 0.1) is 18.0 Å². The standard InChI is InChI=1S/C14H16N2O6/c1-22-12-6-5-8(7-11(12)16(20)21)13(17)15-10-4-2-3-9(10)14(18)19/h5-7,9-10H,2-4H2,1H3,(H,15,17)(H,18,19)/t9-,10+/m0/s1. The highest BCUT2D eigenvalue weighted by Crippen LogP contribution is 2.29. The number of carboxylic acid groups (broad SMARTS) is 1. The molecule has 118 valence electrons. The van der Waals surface area contributed by atoms with Crippen LogP contribution in [0.5, 0.6) is 5.75 Å². The first kappa shape index (κ1) is 15.7. The number of nitro groups is 1. The summed E-state index contributed by atoms with van der Waals surface area (Å²) in [6.07, 6.45) is 1.83. The van der Waals surface area contributed by atoms with Gasteiger partial charge in [-0.1, -0.05) is 6.42 Å². The third kappa shape index (κ3) is 3.16. The molecule has 1 aliphatic rings. The molecule has 1 saturated carbocycles. The second-order valence-corrected chi connectivity index (χ2v) is 5.10. The molecule has 0 unspecified atom stereocenters. The predicted octanol–water partition coefficient (Wildman–Crippen LogP) is 1.59. The lowest BCUT2D eigenvalue weighted by Crippen LogP contribution is -2.40. The second kappa shape index (κ2) is 6.42. The van der Waals surface area contributed by atoms with Gasteiger partial charge in [0.25, 0.3) is 5.91 Å². The summed E-state index contributed by atoms with van der Waals surface area (Å²) in [5, 5.41) is 22.7. The average Bonchev–Trinajstić information content (AvgIpc) is 2.94. The van der Waals surface area contributed by atoms with Crippen LogP contribution in [0.3, 0.4) is 0 Å². The van der Waals surface area contributed by atoms with Gasteiger partial charge < -0.3 is 15.2 Å². The van der Waals surface area contributed by atoms with E-state index in [1.54, 1.807) is 0 Å². The van der Waals surface area contributed by atoms with Crippen molar-refractivity contribution < 1.29 is 24.4 Å². The van der Waals surface area contributed by atoms with E-state index in [-0.39, 0.29) is 17.0 Å². The summed E-state index contributed by atoms with van der Waals surface area (Å²) in [5.74, 6) is -2.02. The Balaban J connectivity index is 2.18. The first-order valence-electron chi connectivity index (χ1n) is 6.80. The van der Waals surface area contributed by atoms with Crippen molar-refractivity contribution >= 4 is 17.6 Å². The maximum absolute atomic E-state index is 12.2. The molecular weight excluding hydrogens is 292 g/mol. The molecule has 2 atom stereocenters. The fourth-order valence-corrected chi connectivity index (χ4v) is 2.65. The van der Waals surface area contributed by atoms with Crippen LogP contribution < -0.4 is 10.1 Å². The van der Waals surface area contributed by atoms with Gasteiger partial charge >= 0.3 is 11.7 Å². The molecule has 1 fully saturated rings. The zero-order valence-electron chi connectivity index (χ0n) is 11.9. The van der Waals surface area contributed by atoms with E-state index in [0.29, 0.717) is 12.8 Å². The Morgan fingerprint density at radius 3 is 2.73 bits per heavy atom. The summed E-state index contributed by atoms with van der Waals surface area (Å²) in [4.78, 5) is 33.6. The van der Waals surface area contributed by atoms with Gasteiger partial charge in [-0.05, 0) is 25.0 Å². The number of carboxylic acids is 1. The van der Waals surface area contributed by atoms with Gasteiger partial charge in [-0.25, -0.2) is 0 Å². The number of hydrogen-bond acceptors (Lipinski definition) is 5. The molecule has 0 saturated heterocycles. The van der Waals surface area contributed by atoms with Gasteiger partial charge in [0.2, 0.25) is 0 Å². The van der Waals surface area contributed by atoms with Crippen LogP contribution in [0, 0.1) is 16.0 Å². The molecule has 1 aliphatic carbocycles. The highest BCUT2D eigenvalue weighted by atomic mass is 16.6. The van der Waals surface area contributed by atoms with Crippen molar-refractivity contribution in [2.75, 3.05) is 7.11 Å². The number of benzene rings is 1. The monoisotopic (exact) mass is 308 g/mol. The molecule has 8 nitrogen and oxygen atoms in total. The summed E-state index contributed by atoms with van der Waals surface area (Å²) in [6, 6.07) is 3.42. The number of ether oxygens (including phenoxy) is 1. The molecule has 22 heavy (non-hydrogen) atoms. The van der Waals surface area contributed by atoms with Crippen LogP contribution in [0.4, 0.5) is 5.69 Å². The molecule has 1 aromatic rings. The number of hydrogen-bond donors (Lipinski definition) is 2. The van der Waals surface area contributed by atoms with Crippen molar-refractivity contribution in [3.8, 4) is 5.75 Å². The van der Waals surface area contributed by atoms with Crippen molar-refractivity contribution in [1.82, 2.24) is 5.32 Å². The average molecular weight is 308 g/mol. The maximum atomic E-state index is 12.2. The molecule has 0 aromatic heterocycles. The van der Waals surface area contributed by atoms with Crippen molar-refractivity contribution in [3.05, 3.63) is 33.9 Å². The van der Waals surface area contributed by atoms with Gasteiger partial charge in [-0.15, -0.1) is 0 Å². The van der Waals surface area contributed by atoms with E-state index in [2.05, 4.69) is 5.32 Å². The molecule has 0 spiro atoms. The largest absolute Gasteiger partial charge is 0.490 e. The van der Waals surface area contributed by atoms with E-state index in [0.717, 1.165) is 12.5 Å². The van der Waals surface area contributed by atoms with Crippen molar-refractivity contribution in [2.45, 2.75) is 25.3 Å². The highest BCUT2D eigenvalue weighted by molar-refractivity contribution is 5.95. The van der Waals surface area contributed by atoms with Crippen LogP contribution in [-0.2, 0) is 4.79 Å². The van der Waals surface area contributed by atoms with Crippen LogP contribution in [0.2, 0.25) is 0 Å². The number of nitrogens with zero attached hydrogens (tertiary/aromatic N) is 1. The molecule has 2 rings (SSSR count). The normalized spacial score (nSPS) is 20.4. The number of methoxy groups -OCH3 is 1. The lowest BCUT2D eigenvalue weighted by atomic mass is 10.0. The summed E-state index contributed by atoms with van der Waals surface area (Å²) in [7, 11) is 1.30. The third-order valence-electron chi connectivity index (χ3n) is 3.79. The third-order valence-corrected chi connectivity index (χ3v) is 3.79. The quantitative estimate of drug-likeness (QED) is 0.629. The van der Waals surface area contributed by atoms with E-state index < -0.39 is 28.8 Å². The molecule has 0 radical (unpaired) electrons. The van der Waals surface area contributed by atoms with Gasteiger partial charge in [0.1, 0.15) is 0 Å². The SMILES string of the molecule is COc1ccc(C(=O)N[C@@H]2CCC[C@@H]2C(=O)O)cc1[N+](=O)[O-]. The van der Waals surface area contributed by atoms with E-state index in [1.807, 2.05) is 0 Å². The van der Waals surface area contributed by atoms with Crippen LogP contribution in [0.15, 0.2) is 18.2 Å². The first-order valence-corrected chi connectivity index (χ1v) is 6.80. The molecule has 0 aliphatic heterocycles. The molecule has 0 bridgehead atoms. The van der Waals surface area contributed by atoms with Crippen molar-refractivity contribution in [3.63, 3.8) is 0 Å². The Kier molecular flexibility index (Phi) is 4.59. The highest BCUT2D eigenvalue weighted by Gasteiger charge is 2.34. The van der Waals surface area contributed by atoms with Gasteiger partial charge in [0, 0.05) is 17.7 Å². The zero-order chi connectivity index (χ0) is 16.3. The topological polar surface area (TPSA) is 119 Å². The van der Waals surface area contributed by atoms with E-state index in [9.17, 15) is 19.7 Å². The van der Waals surface area contributed by atoms with Crippen LogP contribution in [0.25, 0.3) is 0 Å². The summed E-state index contributed by atoms with van der Waals surface area (Å²) in [6.45, 7) is 0. The molecule has 8 heteroatoms. The molecular formula is C14H16N2O6. The van der Waals surface area contributed by atoms with Crippen LogP contribution in [-0.4, -0.2) is 35.1 Å². The van der Waals surface area contributed by atoms with E-state index in [1.165, 1.54) is 19.2 Å². The van der Waals surface area contributed by atoms with Gasteiger partial charge in [0.15, 0.2) is 5.75 Å². The first-order chi connectivity index (χ1) is 10.4. The molecule has 2 N–H and O–H groups in total. The van der Waals surface area contributed by atoms with E-state index in [4.69, 9.17) is 9.84 Å². The van der Waals surface area contributed by atoms with Crippen LogP contribution in [0.1, 0.15) is 29.6 Å². The molecule has 1 aromatic carbocycles. The number of carbonyl (C=O) groups is 2. The lowest BCUT2D eigenvalue weighted by Gasteiger charge is -2.17. The van der Waals surface area contributed by atoms with Crippen molar-refractivity contribution in [2.24, 2.45) is 5.92 Å². The smallest absolute Gasteiger partial charge is 0.311 e. The van der Waals surface area contributed by atoms with E-state index >= 15 is 0 Å². The lowest BCUT2D eigenvalue weighted by molar-refractivity contribution is -0.385. The summed E-state index contributed by atoms with van der Waals surface area (Å²) < 4.78 is 4.87. The number of rotatable bonds is 5. The minimum Gasteiger partial charge on any atom is -0.490 e. The Hall–Kier alpha value is -2.64. The number of amides is 1. The predicted molar refractivity (Wildman–Crippen MR) is 75.9 cm³/mol. The number of nitro benzene ring substituents is 1. The maximum Gasteiger partial charge on any atom is 0.311 e. The molecule has 1 amide bonds. The number of carbonyl (C=O) groups excluding carboxylic acids is 1. The fraction of sp³-hybridized carbons (Fsp3) is 0.429. The molecule has 0 heterocycles. The Morgan fingerprint density at radius 1 is 1.41 bits per heavy atom. The summed E-state index contributed by atoms with van der Waals surface area (Å²) >= 11 is 0. The minimum absolute atomic E-state index is 0.0610. The van der Waals surface area contributed by atoms with Gasteiger partial charge in [-0.2, -0.15) is 0 Å². The van der Waals surface area contributed by atoms with Gasteiger partial charge in [-0.3, -0.25) is 19.7 Å². The number of nitrogens with one attached hydrogen (secondary N) is 1. The van der Waals surface area contributed by atoms with Crippen LogP contribution >= 0.6 is 0 Å². The zero-order valence-corrected chi connectivity index (χ0v) is 11.9. The Morgan fingerprint density at radius 2 is 2.14 bits per heavy atom.